The number of thioether (sulfide) groups is 1. The first-order valence-corrected chi connectivity index (χ1v) is 6.10. The molecule has 0 aromatic heterocycles. The van der Waals surface area contributed by atoms with Crippen molar-refractivity contribution < 1.29 is 0 Å². The van der Waals surface area contributed by atoms with Gasteiger partial charge in [-0.05, 0) is 25.0 Å². The van der Waals surface area contributed by atoms with E-state index in [0.717, 1.165) is 5.25 Å². The number of rotatable bonds is 3. The molecule has 0 atom stereocenters. The van der Waals surface area contributed by atoms with Crippen molar-refractivity contribution in [3.63, 3.8) is 0 Å². The molecule has 0 aliphatic heterocycles. The smallest absolute Gasteiger partial charge is 0.00470 e. The maximum Gasteiger partial charge on any atom is 0.00470 e. The van der Waals surface area contributed by atoms with E-state index in [2.05, 4.69) is 18.7 Å². The van der Waals surface area contributed by atoms with Gasteiger partial charge in [-0.25, -0.2) is 0 Å². The first kappa shape index (κ1) is 9.44. The Hall–Kier alpha value is 0.350. The molecule has 1 aliphatic rings. The Kier molecular flexibility index (Phi) is 5.09. The Morgan fingerprint density at radius 1 is 1.09 bits per heavy atom. The molecule has 11 heavy (non-hydrogen) atoms. The summed E-state index contributed by atoms with van der Waals surface area (Å²) >= 11 is 2.21. The van der Waals surface area contributed by atoms with Gasteiger partial charge in [-0.3, -0.25) is 0 Å². The lowest BCUT2D eigenvalue weighted by Gasteiger charge is -2.11. The molecule has 1 heteroatoms. The molecule has 0 aromatic rings. The summed E-state index contributed by atoms with van der Waals surface area (Å²) < 4.78 is 0. The highest BCUT2D eigenvalue weighted by molar-refractivity contribution is 7.99. The predicted octanol–water partition coefficient (Wildman–Crippen LogP) is 3.85. The fourth-order valence-corrected chi connectivity index (χ4v) is 2.93. The van der Waals surface area contributed by atoms with Crippen LogP contribution < -0.4 is 0 Å². The van der Waals surface area contributed by atoms with Crippen LogP contribution in [0.2, 0.25) is 0 Å². The Morgan fingerprint density at radius 3 is 2.27 bits per heavy atom. The van der Waals surface area contributed by atoms with E-state index in [-0.39, 0.29) is 0 Å². The van der Waals surface area contributed by atoms with E-state index in [1.807, 2.05) is 0 Å². The monoisotopic (exact) mass is 172 g/mol. The van der Waals surface area contributed by atoms with Gasteiger partial charge in [0.2, 0.25) is 0 Å². The van der Waals surface area contributed by atoms with Crippen molar-refractivity contribution in [2.75, 3.05) is 5.75 Å². The zero-order valence-corrected chi connectivity index (χ0v) is 8.46. The van der Waals surface area contributed by atoms with Crippen molar-refractivity contribution >= 4 is 11.8 Å². The summed E-state index contributed by atoms with van der Waals surface area (Å²) in [6.07, 6.45) is 10.3. The molecule has 1 saturated carbocycles. The molecular formula is C10H20S. The lowest BCUT2D eigenvalue weighted by Crippen LogP contribution is -2.00. The zero-order chi connectivity index (χ0) is 7.94. The third-order valence-electron chi connectivity index (χ3n) is 2.36. The first-order valence-electron chi connectivity index (χ1n) is 5.05. The summed E-state index contributed by atoms with van der Waals surface area (Å²) in [7, 11) is 0. The van der Waals surface area contributed by atoms with Gasteiger partial charge in [-0.2, -0.15) is 11.8 Å². The minimum absolute atomic E-state index is 1.01. The van der Waals surface area contributed by atoms with Crippen molar-refractivity contribution in [3.05, 3.63) is 0 Å². The SMILES string of the molecule is CCCSC1CCCCCC1. The van der Waals surface area contributed by atoms with Crippen LogP contribution in [0.4, 0.5) is 0 Å². The van der Waals surface area contributed by atoms with Gasteiger partial charge in [0.25, 0.3) is 0 Å². The van der Waals surface area contributed by atoms with Crippen molar-refractivity contribution in [1.29, 1.82) is 0 Å². The van der Waals surface area contributed by atoms with Gasteiger partial charge >= 0.3 is 0 Å². The van der Waals surface area contributed by atoms with Crippen LogP contribution in [0.3, 0.4) is 0 Å². The molecule has 0 N–H and O–H groups in total. The van der Waals surface area contributed by atoms with E-state index >= 15 is 0 Å². The fraction of sp³-hybridized carbons (Fsp3) is 1.00. The number of hydrogen-bond donors (Lipinski definition) is 0. The van der Waals surface area contributed by atoms with Gasteiger partial charge < -0.3 is 0 Å². The van der Waals surface area contributed by atoms with Crippen LogP contribution in [0.1, 0.15) is 51.9 Å². The van der Waals surface area contributed by atoms with Gasteiger partial charge in [0.1, 0.15) is 0 Å². The van der Waals surface area contributed by atoms with E-state index in [4.69, 9.17) is 0 Å². The molecule has 0 unspecified atom stereocenters. The third-order valence-corrected chi connectivity index (χ3v) is 3.95. The lowest BCUT2D eigenvalue weighted by molar-refractivity contribution is 0.702. The summed E-state index contributed by atoms with van der Waals surface area (Å²) in [6, 6.07) is 0. The van der Waals surface area contributed by atoms with Gasteiger partial charge in [-0.15, -0.1) is 0 Å². The van der Waals surface area contributed by atoms with Crippen LogP contribution in [0.5, 0.6) is 0 Å². The van der Waals surface area contributed by atoms with E-state index in [0.29, 0.717) is 0 Å². The molecule has 0 amide bonds. The molecule has 0 spiro atoms. The van der Waals surface area contributed by atoms with Gasteiger partial charge in [0.15, 0.2) is 0 Å². The van der Waals surface area contributed by atoms with Crippen LogP contribution in [0.15, 0.2) is 0 Å². The van der Waals surface area contributed by atoms with Crippen molar-refractivity contribution in [1.82, 2.24) is 0 Å². The Balaban J connectivity index is 2.09. The molecule has 0 radical (unpaired) electrons. The molecule has 1 aliphatic carbocycles. The molecule has 1 fully saturated rings. The van der Waals surface area contributed by atoms with Crippen molar-refractivity contribution in [3.8, 4) is 0 Å². The largest absolute Gasteiger partial charge is 0.159 e. The summed E-state index contributed by atoms with van der Waals surface area (Å²) in [5.74, 6) is 1.38. The molecule has 0 bridgehead atoms. The van der Waals surface area contributed by atoms with Crippen molar-refractivity contribution in [2.24, 2.45) is 0 Å². The highest BCUT2D eigenvalue weighted by Gasteiger charge is 2.11. The van der Waals surface area contributed by atoms with Crippen LogP contribution in [-0.4, -0.2) is 11.0 Å². The molecule has 0 saturated heterocycles. The van der Waals surface area contributed by atoms with Gasteiger partial charge in [-0.1, -0.05) is 32.6 Å². The van der Waals surface area contributed by atoms with Gasteiger partial charge in [0, 0.05) is 5.25 Å². The topological polar surface area (TPSA) is 0 Å². The van der Waals surface area contributed by atoms with Gasteiger partial charge in [0.05, 0.1) is 0 Å². The summed E-state index contributed by atoms with van der Waals surface area (Å²) in [4.78, 5) is 0. The molecule has 0 heterocycles. The fourth-order valence-electron chi connectivity index (χ4n) is 1.69. The van der Waals surface area contributed by atoms with Crippen LogP contribution >= 0.6 is 11.8 Å². The van der Waals surface area contributed by atoms with Crippen LogP contribution in [0, 0.1) is 0 Å². The Bertz CT molecular complexity index is 82.9. The Labute approximate surface area is 75.1 Å². The highest BCUT2D eigenvalue weighted by Crippen LogP contribution is 2.27. The Morgan fingerprint density at radius 2 is 1.73 bits per heavy atom. The normalized spacial score (nSPS) is 21.5. The van der Waals surface area contributed by atoms with E-state index < -0.39 is 0 Å². The molecule has 1 rings (SSSR count). The second-order valence-electron chi connectivity index (χ2n) is 3.48. The minimum atomic E-state index is 1.01. The lowest BCUT2D eigenvalue weighted by atomic mass is 10.2. The second kappa shape index (κ2) is 5.93. The third kappa shape index (κ3) is 4.05. The molecule has 66 valence electrons. The highest BCUT2D eigenvalue weighted by atomic mass is 32.2. The minimum Gasteiger partial charge on any atom is -0.159 e. The zero-order valence-electron chi connectivity index (χ0n) is 7.64. The first-order chi connectivity index (χ1) is 5.43. The van der Waals surface area contributed by atoms with Crippen molar-refractivity contribution in [2.45, 2.75) is 57.1 Å². The van der Waals surface area contributed by atoms with Crippen LogP contribution in [0.25, 0.3) is 0 Å². The molecular weight excluding hydrogens is 152 g/mol. The average Bonchev–Trinajstić information content (AvgIpc) is 2.28. The average molecular weight is 172 g/mol. The second-order valence-corrected chi connectivity index (χ2v) is 4.89. The van der Waals surface area contributed by atoms with E-state index in [1.165, 1.54) is 50.7 Å². The summed E-state index contributed by atoms with van der Waals surface area (Å²) in [5, 5.41) is 1.01. The maximum atomic E-state index is 2.28. The van der Waals surface area contributed by atoms with E-state index in [1.54, 1.807) is 0 Å². The quantitative estimate of drug-likeness (QED) is 0.583. The molecule has 0 aromatic carbocycles. The predicted molar refractivity (Wildman–Crippen MR) is 54.2 cm³/mol. The van der Waals surface area contributed by atoms with Crippen LogP contribution in [-0.2, 0) is 0 Å². The number of hydrogen-bond acceptors (Lipinski definition) is 1. The van der Waals surface area contributed by atoms with E-state index in [9.17, 15) is 0 Å². The molecule has 0 nitrogen and oxygen atoms in total. The summed E-state index contributed by atoms with van der Waals surface area (Å²) in [6.45, 7) is 2.28. The maximum absolute atomic E-state index is 2.28. The summed E-state index contributed by atoms with van der Waals surface area (Å²) in [5.41, 5.74) is 0. The standard InChI is InChI=1S/C10H20S/c1-2-9-11-10-7-5-3-4-6-8-10/h10H,2-9H2,1H3.